The number of pyridine rings is 1. The number of thioether (sulfide) groups is 1. The Morgan fingerprint density at radius 3 is 2.62 bits per heavy atom. The summed E-state index contributed by atoms with van der Waals surface area (Å²) in [7, 11) is 1.84. The minimum Gasteiger partial charge on any atom is -0.356 e. The Labute approximate surface area is 150 Å². The average Bonchev–Trinajstić information content (AvgIpc) is 2.60. The summed E-state index contributed by atoms with van der Waals surface area (Å²) >= 11 is 1.87. The fourth-order valence-corrected chi connectivity index (χ4v) is 2.87. The standard InChI is InChI=1S/C18H31N5S/c1-14-6-7-16(20-12-14)23-10-8-15(9-11-23)22-17(19-4)21-13-18(2,3)24-5/h6-7,12,15H,8-11,13H2,1-5H3,(H2,19,21,22). The molecular formula is C18H31N5S. The number of aromatic nitrogens is 1. The fraction of sp³-hybridized carbons (Fsp3) is 0.667. The lowest BCUT2D eigenvalue weighted by atomic mass is 10.1. The summed E-state index contributed by atoms with van der Waals surface area (Å²) in [6.45, 7) is 9.52. The zero-order chi connectivity index (χ0) is 17.6. The van der Waals surface area contributed by atoms with Gasteiger partial charge in [0.25, 0.3) is 0 Å². The van der Waals surface area contributed by atoms with Gasteiger partial charge in [0.2, 0.25) is 0 Å². The molecule has 24 heavy (non-hydrogen) atoms. The van der Waals surface area contributed by atoms with Crippen molar-refractivity contribution in [3.63, 3.8) is 0 Å². The third-order valence-corrected chi connectivity index (χ3v) is 5.76. The van der Waals surface area contributed by atoms with Crippen molar-refractivity contribution in [2.75, 3.05) is 37.8 Å². The highest BCUT2D eigenvalue weighted by Crippen LogP contribution is 2.20. The molecule has 2 rings (SSSR count). The van der Waals surface area contributed by atoms with Crippen LogP contribution in [0.5, 0.6) is 0 Å². The third kappa shape index (κ3) is 5.58. The third-order valence-electron chi connectivity index (χ3n) is 4.51. The van der Waals surface area contributed by atoms with E-state index in [0.29, 0.717) is 6.04 Å². The van der Waals surface area contributed by atoms with Gasteiger partial charge in [0.1, 0.15) is 5.82 Å². The Bertz CT molecular complexity index is 533. The molecular weight excluding hydrogens is 318 g/mol. The van der Waals surface area contributed by atoms with Crippen molar-refractivity contribution < 1.29 is 0 Å². The molecule has 0 amide bonds. The van der Waals surface area contributed by atoms with Crippen molar-refractivity contribution in [2.24, 2.45) is 4.99 Å². The van der Waals surface area contributed by atoms with E-state index >= 15 is 0 Å². The number of hydrogen-bond acceptors (Lipinski definition) is 4. The van der Waals surface area contributed by atoms with Gasteiger partial charge >= 0.3 is 0 Å². The van der Waals surface area contributed by atoms with Crippen LogP contribution in [0.2, 0.25) is 0 Å². The van der Waals surface area contributed by atoms with Crippen molar-refractivity contribution in [1.29, 1.82) is 0 Å². The molecule has 0 radical (unpaired) electrons. The maximum Gasteiger partial charge on any atom is 0.191 e. The van der Waals surface area contributed by atoms with Gasteiger partial charge in [-0.2, -0.15) is 11.8 Å². The second kappa shape index (κ2) is 8.60. The summed E-state index contributed by atoms with van der Waals surface area (Å²) in [5.74, 6) is 1.99. The molecule has 0 saturated carbocycles. The van der Waals surface area contributed by atoms with Crippen LogP contribution in [0.25, 0.3) is 0 Å². The normalized spacial score (nSPS) is 17.0. The molecule has 0 aliphatic carbocycles. The minimum atomic E-state index is 0.206. The second-order valence-corrected chi connectivity index (χ2v) is 8.50. The van der Waals surface area contributed by atoms with Crippen LogP contribution in [-0.4, -0.2) is 54.7 Å². The number of rotatable bonds is 5. The van der Waals surface area contributed by atoms with E-state index < -0.39 is 0 Å². The molecule has 1 aromatic heterocycles. The summed E-state index contributed by atoms with van der Waals surface area (Å²) in [6.07, 6.45) is 6.29. The zero-order valence-corrected chi connectivity index (χ0v) is 16.4. The summed E-state index contributed by atoms with van der Waals surface area (Å²) in [4.78, 5) is 11.3. The van der Waals surface area contributed by atoms with E-state index in [-0.39, 0.29) is 4.75 Å². The molecule has 1 aromatic rings. The fourth-order valence-electron chi connectivity index (χ4n) is 2.66. The highest BCUT2D eigenvalue weighted by molar-refractivity contribution is 7.99. The first-order chi connectivity index (χ1) is 11.4. The van der Waals surface area contributed by atoms with Crippen molar-refractivity contribution in [3.8, 4) is 0 Å². The van der Waals surface area contributed by atoms with Gasteiger partial charge in [0, 0.05) is 43.7 Å². The average molecular weight is 350 g/mol. The highest BCUT2D eigenvalue weighted by Gasteiger charge is 2.22. The molecule has 1 fully saturated rings. The van der Waals surface area contributed by atoms with Crippen molar-refractivity contribution >= 4 is 23.5 Å². The quantitative estimate of drug-likeness (QED) is 0.632. The van der Waals surface area contributed by atoms with Crippen LogP contribution in [0.1, 0.15) is 32.3 Å². The Morgan fingerprint density at radius 1 is 1.38 bits per heavy atom. The van der Waals surface area contributed by atoms with E-state index in [1.54, 1.807) is 0 Å². The molecule has 134 valence electrons. The number of piperidine rings is 1. The molecule has 1 saturated heterocycles. The van der Waals surface area contributed by atoms with Crippen molar-refractivity contribution in [1.82, 2.24) is 15.6 Å². The maximum atomic E-state index is 4.54. The lowest BCUT2D eigenvalue weighted by Crippen LogP contribution is -2.50. The number of guanidine groups is 1. The molecule has 0 atom stereocenters. The SMILES string of the molecule is CN=C(NCC(C)(C)SC)NC1CCN(c2ccc(C)cn2)CC1. The summed E-state index contributed by atoms with van der Waals surface area (Å²) in [5, 5.41) is 7.02. The van der Waals surface area contributed by atoms with Gasteiger partial charge in [-0.15, -0.1) is 0 Å². The van der Waals surface area contributed by atoms with Gasteiger partial charge in [-0.1, -0.05) is 6.07 Å². The molecule has 0 spiro atoms. The Morgan fingerprint density at radius 2 is 2.08 bits per heavy atom. The monoisotopic (exact) mass is 349 g/mol. The summed E-state index contributed by atoms with van der Waals surface area (Å²) < 4.78 is 0.206. The van der Waals surface area contributed by atoms with E-state index in [9.17, 15) is 0 Å². The molecule has 1 aliphatic heterocycles. The number of aryl methyl sites for hydroxylation is 1. The molecule has 0 bridgehead atoms. The van der Waals surface area contributed by atoms with Crippen LogP contribution in [0.15, 0.2) is 23.3 Å². The number of aliphatic imine (C=N–C) groups is 1. The minimum absolute atomic E-state index is 0.206. The van der Waals surface area contributed by atoms with E-state index in [2.05, 4.69) is 64.7 Å². The van der Waals surface area contributed by atoms with Crippen LogP contribution >= 0.6 is 11.8 Å². The summed E-state index contributed by atoms with van der Waals surface area (Å²) in [5.41, 5.74) is 1.21. The van der Waals surface area contributed by atoms with Gasteiger partial charge in [-0.25, -0.2) is 4.98 Å². The van der Waals surface area contributed by atoms with Crippen molar-refractivity contribution in [2.45, 2.75) is 44.4 Å². The van der Waals surface area contributed by atoms with Gasteiger partial charge in [0.05, 0.1) is 0 Å². The Hall–Kier alpha value is -1.43. The lowest BCUT2D eigenvalue weighted by molar-refractivity contribution is 0.458. The molecule has 5 nitrogen and oxygen atoms in total. The second-order valence-electron chi connectivity index (χ2n) is 6.99. The van der Waals surface area contributed by atoms with Crippen LogP contribution in [0.3, 0.4) is 0 Å². The first-order valence-electron chi connectivity index (χ1n) is 8.63. The Balaban J connectivity index is 1.80. The predicted octanol–water partition coefficient (Wildman–Crippen LogP) is 2.67. The molecule has 6 heteroatoms. The van der Waals surface area contributed by atoms with Gasteiger partial charge in [-0.3, -0.25) is 4.99 Å². The van der Waals surface area contributed by atoms with E-state index in [0.717, 1.165) is 44.3 Å². The van der Waals surface area contributed by atoms with Gasteiger partial charge in [0.15, 0.2) is 5.96 Å². The lowest BCUT2D eigenvalue weighted by Gasteiger charge is -2.34. The zero-order valence-electron chi connectivity index (χ0n) is 15.6. The number of nitrogens with zero attached hydrogens (tertiary/aromatic N) is 3. The van der Waals surface area contributed by atoms with Crippen LogP contribution < -0.4 is 15.5 Å². The predicted molar refractivity (Wildman–Crippen MR) is 106 cm³/mol. The smallest absolute Gasteiger partial charge is 0.191 e. The molecule has 2 heterocycles. The van der Waals surface area contributed by atoms with E-state index in [1.807, 2.05) is 25.0 Å². The first kappa shape index (κ1) is 18.9. The van der Waals surface area contributed by atoms with Gasteiger partial charge in [-0.05, 0) is 51.5 Å². The molecule has 1 aliphatic rings. The molecule has 0 aromatic carbocycles. The largest absolute Gasteiger partial charge is 0.356 e. The number of anilines is 1. The highest BCUT2D eigenvalue weighted by atomic mass is 32.2. The topological polar surface area (TPSA) is 52.6 Å². The van der Waals surface area contributed by atoms with Crippen molar-refractivity contribution in [3.05, 3.63) is 23.9 Å². The first-order valence-corrected chi connectivity index (χ1v) is 9.86. The van der Waals surface area contributed by atoms with E-state index in [4.69, 9.17) is 0 Å². The molecule has 2 N–H and O–H groups in total. The van der Waals surface area contributed by atoms with Crippen LogP contribution in [-0.2, 0) is 0 Å². The van der Waals surface area contributed by atoms with E-state index in [1.165, 1.54) is 5.56 Å². The van der Waals surface area contributed by atoms with Crippen LogP contribution in [0.4, 0.5) is 5.82 Å². The Kier molecular flexibility index (Phi) is 6.78. The summed E-state index contributed by atoms with van der Waals surface area (Å²) in [6, 6.07) is 4.72. The molecule has 0 unspecified atom stereocenters. The number of hydrogen-bond donors (Lipinski definition) is 2. The van der Waals surface area contributed by atoms with Crippen LogP contribution in [0, 0.1) is 6.92 Å². The van der Waals surface area contributed by atoms with Gasteiger partial charge < -0.3 is 15.5 Å². The maximum absolute atomic E-state index is 4.54. The number of nitrogens with one attached hydrogen (secondary N) is 2.